The number of halogens is 1. The molecule has 0 spiro atoms. The minimum atomic E-state index is -0.169. The fourth-order valence-corrected chi connectivity index (χ4v) is 2.23. The van der Waals surface area contributed by atoms with Gasteiger partial charge in [0.1, 0.15) is 0 Å². The summed E-state index contributed by atoms with van der Waals surface area (Å²) >= 11 is 6.10. The number of pyridine rings is 1. The number of hydrogen-bond acceptors (Lipinski definition) is 4. The van der Waals surface area contributed by atoms with E-state index in [2.05, 4.69) is 20.3 Å². The van der Waals surface area contributed by atoms with Crippen molar-refractivity contribution < 1.29 is 4.79 Å². The molecule has 0 radical (unpaired) electrons. The molecular weight excluding hydrogens is 300 g/mol. The van der Waals surface area contributed by atoms with Crippen LogP contribution in [0.4, 0.5) is 0 Å². The first-order valence-corrected chi connectivity index (χ1v) is 7.18. The quantitative estimate of drug-likeness (QED) is 0.804. The number of nitrogens with one attached hydrogen (secondary N) is 1. The highest BCUT2D eigenvalue weighted by Crippen LogP contribution is 2.17. The zero-order valence-corrected chi connectivity index (χ0v) is 12.4. The van der Waals surface area contributed by atoms with Crippen LogP contribution in [-0.2, 0) is 17.8 Å². The molecule has 0 atom stereocenters. The van der Waals surface area contributed by atoms with E-state index >= 15 is 0 Å². The van der Waals surface area contributed by atoms with Crippen LogP contribution in [-0.4, -0.2) is 20.9 Å². The molecule has 0 aliphatic carbocycles. The molecule has 0 aliphatic heterocycles. The van der Waals surface area contributed by atoms with Crippen LogP contribution < -0.4 is 5.32 Å². The summed E-state index contributed by atoms with van der Waals surface area (Å²) in [7, 11) is 0. The largest absolute Gasteiger partial charge is 0.350 e. The number of benzene rings is 1. The number of aromatic nitrogens is 3. The third-order valence-corrected chi connectivity index (χ3v) is 3.42. The van der Waals surface area contributed by atoms with Crippen molar-refractivity contribution in [2.75, 3.05) is 0 Å². The molecule has 3 aromatic rings. The number of rotatable bonds is 4. The second-order valence-electron chi connectivity index (χ2n) is 4.72. The lowest BCUT2D eigenvalue weighted by molar-refractivity contribution is -0.120. The smallest absolute Gasteiger partial charge is 0.226 e. The van der Waals surface area contributed by atoms with Gasteiger partial charge in [0.15, 0.2) is 5.15 Å². The zero-order chi connectivity index (χ0) is 15.4. The predicted octanol–water partition coefficient (Wildman–Crippen LogP) is 2.54. The van der Waals surface area contributed by atoms with Gasteiger partial charge in [-0.2, -0.15) is 0 Å². The summed E-state index contributed by atoms with van der Waals surface area (Å²) in [4.78, 5) is 24.8. The van der Waals surface area contributed by atoms with Gasteiger partial charge in [0.2, 0.25) is 5.91 Å². The summed E-state index contributed by atoms with van der Waals surface area (Å²) in [5.74, 6) is -0.169. The minimum Gasteiger partial charge on any atom is -0.350 e. The van der Waals surface area contributed by atoms with Gasteiger partial charge in [-0.15, -0.1) is 0 Å². The molecule has 110 valence electrons. The molecular formula is C16H13ClN4O. The second-order valence-corrected chi connectivity index (χ2v) is 5.08. The predicted molar refractivity (Wildman–Crippen MR) is 84.3 cm³/mol. The van der Waals surface area contributed by atoms with E-state index in [4.69, 9.17) is 11.6 Å². The Balaban J connectivity index is 1.70. The maximum Gasteiger partial charge on any atom is 0.226 e. The van der Waals surface area contributed by atoms with Gasteiger partial charge in [-0.05, 0) is 24.3 Å². The van der Waals surface area contributed by atoms with Crippen molar-refractivity contribution in [3.05, 3.63) is 65.2 Å². The third-order valence-electron chi connectivity index (χ3n) is 3.11. The Bertz CT molecular complexity index is 808. The summed E-state index contributed by atoms with van der Waals surface area (Å²) in [6, 6.07) is 13.0. The van der Waals surface area contributed by atoms with Gasteiger partial charge < -0.3 is 5.32 Å². The second kappa shape index (κ2) is 6.49. The Kier molecular flexibility index (Phi) is 4.25. The Morgan fingerprint density at radius 1 is 1.05 bits per heavy atom. The first kappa shape index (κ1) is 14.4. The topological polar surface area (TPSA) is 67.8 Å². The SMILES string of the molecule is O=C(Cc1nc2ccccc2nc1Cl)NCc1ccccn1. The molecule has 5 nitrogen and oxygen atoms in total. The highest BCUT2D eigenvalue weighted by molar-refractivity contribution is 6.30. The molecule has 2 heterocycles. The van der Waals surface area contributed by atoms with Gasteiger partial charge in [-0.3, -0.25) is 9.78 Å². The van der Waals surface area contributed by atoms with E-state index in [0.29, 0.717) is 17.8 Å². The van der Waals surface area contributed by atoms with Crippen molar-refractivity contribution in [2.45, 2.75) is 13.0 Å². The lowest BCUT2D eigenvalue weighted by Crippen LogP contribution is -2.25. The maximum absolute atomic E-state index is 12.0. The lowest BCUT2D eigenvalue weighted by Gasteiger charge is -2.06. The molecule has 1 amide bonds. The number of fused-ring (bicyclic) bond motifs is 1. The molecule has 1 N–H and O–H groups in total. The Hall–Kier alpha value is -2.53. The van der Waals surface area contributed by atoms with Gasteiger partial charge in [-0.1, -0.05) is 29.8 Å². The molecule has 3 rings (SSSR count). The molecule has 0 saturated heterocycles. The van der Waals surface area contributed by atoms with E-state index in [1.54, 1.807) is 6.20 Å². The zero-order valence-electron chi connectivity index (χ0n) is 11.7. The van der Waals surface area contributed by atoms with Crippen molar-refractivity contribution in [2.24, 2.45) is 0 Å². The van der Waals surface area contributed by atoms with E-state index in [1.165, 1.54) is 0 Å². The standard InChI is InChI=1S/C16H13ClN4O/c17-16-14(20-12-6-1-2-7-13(12)21-16)9-15(22)19-10-11-5-3-4-8-18-11/h1-8H,9-10H2,(H,19,22). The highest BCUT2D eigenvalue weighted by Gasteiger charge is 2.11. The monoisotopic (exact) mass is 312 g/mol. The lowest BCUT2D eigenvalue weighted by atomic mass is 10.2. The number of hydrogen-bond donors (Lipinski definition) is 1. The van der Waals surface area contributed by atoms with Gasteiger partial charge in [0.25, 0.3) is 0 Å². The maximum atomic E-state index is 12.0. The van der Waals surface area contributed by atoms with E-state index in [0.717, 1.165) is 11.2 Å². The van der Waals surface area contributed by atoms with Crippen molar-refractivity contribution in [1.82, 2.24) is 20.3 Å². The molecule has 22 heavy (non-hydrogen) atoms. The molecule has 0 aliphatic rings. The summed E-state index contributed by atoms with van der Waals surface area (Å²) in [5.41, 5.74) is 2.70. The average Bonchev–Trinajstić information content (AvgIpc) is 2.55. The molecule has 0 fully saturated rings. The van der Waals surface area contributed by atoms with Crippen molar-refractivity contribution in [3.8, 4) is 0 Å². The molecule has 6 heteroatoms. The Morgan fingerprint density at radius 3 is 2.50 bits per heavy atom. The minimum absolute atomic E-state index is 0.0868. The Morgan fingerprint density at radius 2 is 1.77 bits per heavy atom. The summed E-state index contributed by atoms with van der Waals surface area (Å²) in [6.45, 7) is 0.373. The first-order valence-electron chi connectivity index (χ1n) is 6.80. The van der Waals surface area contributed by atoms with Crippen molar-refractivity contribution in [1.29, 1.82) is 0 Å². The number of carbonyl (C=O) groups excluding carboxylic acids is 1. The number of para-hydroxylation sites is 2. The molecule has 0 bridgehead atoms. The van der Waals surface area contributed by atoms with E-state index < -0.39 is 0 Å². The number of nitrogens with zero attached hydrogens (tertiary/aromatic N) is 3. The van der Waals surface area contributed by atoms with Gasteiger partial charge >= 0.3 is 0 Å². The van der Waals surface area contributed by atoms with Crippen LogP contribution in [0.15, 0.2) is 48.7 Å². The summed E-state index contributed by atoms with van der Waals surface area (Å²) in [5, 5.41) is 3.05. The van der Waals surface area contributed by atoms with E-state index in [-0.39, 0.29) is 17.5 Å². The average molecular weight is 313 g/mol. The number of amides is 1. The first-order chi connectivity index (χ1) is 10.7. The van der Waals surface area contributed by atoms with Crippen LogP contribution in [0.1, 0.15) is 11.4 Å². The third kappa shape index (κ3) is 3.38. The molecule has 0 unspecified atom stereocenters. The van der Waals surface area contributed by atoms with Gasteiger partial charge in [0, 0.05) is 6.20 Å². The molecule has 0 saturated carbocycles. The van der Waals surface area contributed by atoms with Crippen LogP contribution in [0, 0.1) is 0 Å². The van der Waals surface area contributed by atoms with Crippen LogP contribution >= 0.6 is 11.6 Å². The van der Waals surface area contributed by atoms with Crippen molar-refractivity contribution >= 4 is 28.5 Å². The van der Waals surface area contributed by atoms with Crippen LogP contribution in [0.3, 0.4) is 0 Å². The molecule has 1 aromatic carbocycles. The number of carbonyl (C=O) groups is 1. The normalized spacial score (nSPS) is 10.6. The highest BCUT2D eigenvalue weighted by atomic mass is 35.5. The van der Waals surface area contributed by atoms with Gasteiger partial charge in [-0.25, -0.2) is 9.97 Å². The van der Waals surface area contributed by atoms with E-state index in [9.17, 15) is 4.79 Å². The van der Waals surface area contributed by atoms with Crippen molar-refractivity contribution in [3.63, 3.8) is 0 Å². The van der Waals surface area contributed by atoms with Crippen LogP contribution in [0.2, 0.25) is 5.15 Å². The van der Waals surface area contributed by atoms with Crippen LogP contribution in [0.5, 0.6) is 0 Å². The molecule has 2 aromatic heterocycles. The summed E-state index contributed by atoms with van der Waals surface area (Å²) in [6.07, 6.45) is 1.77. The Labute approximate surface area is 132 Å². The van der Waals surface area contributed by atoms with Gasteiger partial charge in [0.05, 0.1) is 35.4 Å². The fraction of sp³-hybridized carbons (Fsp3) is 0.125. The van der Waals surface area contributed by atoms with E-state index in [1.807, 2.05) is 42.5 Å². The van der Waals surface area contributed by atoms with Crippen LogP contribution in [0.25, 0.3) is 11.0 Å². The summed E-state index contributed by atoms with van der Waals surface area (Å²) < 4.78 is 0. The fourth-order valence-electron chi connectivity index (χ4n) is 2.03.